The van der Waals surface area contributed by atoms with Gasteiger partial charge in [-0.1, -0.05) is 12.1 Å². The predicted molar refractivity (Wildman–Crippen MR) is 59.9 cm³/mol. The lowest BCUT2D eigenvalue weighted by molar-refractivity contribution is 0.200. The van der Waals surface area contributed by atoms with E-state index in [4.69, 9.17) is 0 Å². The van der Waals surface area contributed by atoms with Crippen molar-refractivity contribution in [1.29, 1.82) is 0 Å². The molecule has 2 aromatic rings. The number of hydrogen-bond donors (Lipinski definition) is 2. The van der Waals surface area contributed by atoms with Gasteiger partial charge in [-0.2, -0.15) is 0 Å². The number of hydrogen-bond acceptors (Lipinski definition) is 2. The Balaban J connectivity index is 2.81. The molecular weight excluding hydrogens is 190 g/mol. The average Bonchev–Trinajstić information content (AvgIpc) is 2.58. The fraction of sp³-hybridized carbons (Fsp3) is 0.333. The second-order valence-electron chi connectivity index (χ2n) is 3.72. The van der Waals surface area contributed by atoms with Crippen LogP contribution in [0.15, 0.2) is 24.4 Å². The minimum Gasteiger partial charge on any atom is -0.506 e. The van der Waals surface area contributed by atoms with Crippen LogP contribution in [-0.4, -0.2) is 14.8 Å². The van der Waals surface area contributed by atoms with Gasteiger partial charge in [0.25, 0.3) is 0 Å². The number of phenols is 1. The summed E-state index contributed by atoms with van der Waals surface area (Å²) in [4.78, 5) is 0. The van der Waals surface area contributed by atoms with Gasteiger partial charge in [0.1, 0.15) is 5.75 Å². The molecule has 0 bridgehead atoms. The molecule has 1 unspecified atom stereocenters. The summed E-state index contributed by atoms with van der Waals surface area (Å²) in [7, 11) is 0. The molecule has 0 aliphatic rings. The SMILES string of the molecule is CCn1cc(C(C)O)c2cccc(O)c21. The third kappa shape index (κ3) is 1.49. The maximum absolute atomic E-state index is 9.78. The van der Waals surface area contributed by atoms with E-state index >= 15 is 0 Å². The maximum atomic E-state index is 9.78. The van der Waals surface area contributed by atoms with E-state index < -0.39 is 6.10 Å². The highest BCUT2D eigenvalue weighted by Crippen LogP contribution is 2.31. The molecule has 1 heterocycles. The Bertz CT molecular complexity index is 486. The summed E-state index contributed by atoms with van der Waals surface area (Å²) >= 11 is 0. The van der Waals surface area contributed by atoms with Gasteiger partial charge in [0, 0.05) is 23.7 Å². The van der Waals surface area contributed by atoms with Crippen molar-refractivity contribution >= 4 is 10.9 Å². The second-order valence-corrected chi connectivity index (χ2v) is 3.72. The number of phenolic OH excluding ortho intramolecular Hbond substituents is 1. The fourth-order valence-electron chi connectivity index (χ4n) is 1.95. The Morgan fingerprint density at radius 1 is 1.40 bits per heavy atom. The molecule has 80 valence electrons. The molecule has 3 nitrogen and oxygen atoms in total. The minimum absolute atomic E-state index is 0.265. The van der Waals surface area contributed by atoms with Crippen LogP contribution in [0.2, 0.25) is 0 Å². The number of benzene rings is 1. The zero-order chi connectivity index (χ0) is 11.0. The fourth-order valence-corrected chi connectivity index (χ4v) is 1.95. The zero-order valence-electron chi connectivity index (χ0n) is 8.94. The molecule has 0 aliphatic carbocycles. The normalized spacial score (nSPS) is 13.3. The first-order valence-electron chi connectivity index (χ1n) is 5.14. The number of aliphatic hydroxyl groups excluding tert-OH is 1. The Morgan fingerprint density at radius 3 is 2.73 bits per heavy atom. The number of aliphatic hydroxyl groups is 1. The quantitative estimate of drug-likeness (QED) is 0.790. The first kappa shape index (κ1) is 10.1. The largest absolute Gasteiger partial charge is 0.506 e. The van der Waals surface area contributed by atoms with Crippen molar-refractivity contribution in [3.63, 3.8) is 0 Å². The van der Waals surface area contributed by atoms with Crippen molar-refractivity contribution in [2.75, 3.05) is 0 Å². The molecule has 0 saturated heterocycles. The molecule has 2 N–H and O–H groups in total. The first-order chi connectivity index (χ1) is 7.15. The minimum atomic E-state index is -0.512. The molecule has 0 radical (unpaired) electrons. The Labute approximate surface area is 88.6 Å². The first-order valence-corrected chi connectivity index (χ1v) is 5.14. The van der Waals surface area contributed by atoms with Gasteiger partial charge in [-0.05, 0) is 19.9 Å². The number of aromatic hydroxyl groups is 1. The topological polar surface area (TPSA) is 45.4 Å². The van der Waals surface area contributed by atoms with Crippen LogP contribution in [-0.2, 0) is 6.54 Å². The molecule has 0 spiro atoms. The average molecular weight is 205 g/mol. The van der Waals surface area contributed by atoms with E-state index in [1.165, 1.54) is 0 Å². The highest BCUT2D eigenvalue weighted by Gasteiger charge is 2.13. The van der Waals surface area contributed by atoms with Gasteiger partial charge in [0.05, 0.1) is 11.6 Å². The van der Waals surface area contributed by atoms with Gasteiger partial charge in [-0.15, -0.1) is 0 Å². The van der Waals surface area contributed by atoms with Crippen molar-refractivity contribution in [2.45, 2.75) is 26.5 Å². The van der Waals surface area contributed by atoms with Crippen LogP contribution >= 0.6 is 0 Å². The molecular formula is C12H15NO2. The van der Waals surface area contributed by atoms with Crippen LogP contribution in [0.1, 0.15) is 25.5 Å². The van der Waals surface area contributed by atoms with E-state index in [0.717, 1.165) is 23.0 Å². The van der Waals surface area contributed by atoms with Gasteiger partial charge >= 0.3 is 0 Å². The molecule has 15 heavy (non-hydrogen) atoms. The van der Waals surface area contributed by atoms with Gasteiger partial charge in [0.2, 0.25) is 0 Å². The molecule has 1 aromatic carbocycles. The number of aryl methyl sites for hydroxylation is 1. The van der Waals surface area contributed by atoms with E-state index in [9.17, 15) is 10.2 Å². The summed E-state index contributed by atoms with van der Waals surface area (Å²) in [6.07, 6.45) is 1.39. The zero-order valence-corrected chi connectivity index (χ0v) is 8.94. The lowest BCUT2D eigenvalue weighted by Crippen LogP contribution is -1.91. The van der Waals surface area contributed by atoms with E-state index in [1.54, 1.807) is 19.1 Å². The second kappa shape index (κ2) is 3.59. The van der Waals surface area contributed by atoms with Crippen LogP contribution in [0.5, 0.6) is 5.75 Å². The number of nitrogens with zero attached hydrogens (tertiary/aromatic N) is 1. The molecule has 0 amide bonds. The van der Waals surface area contributed by atoms with Crippen LogP contribution in [0.3, 0.4) is 0 Å². The monoisotopic (exact) mass is 205 g/mol. The highest BCUT2D eigenvalue weighted by atomic mass is 16.3. The van der Waals surface area contributed by atoms with Gasteiger partial charge < -0.3 is 14.8 Å². The molecule has 2 rings (SSSR count). The Morgan fingerprint density at radius 2 is 2.13 bits per heavy atom. The van der Waals surface area contributed by atoms with Gasteiger partial charge in [-0.3, -0.25) is 0 Å². The van der Waals surface area contributed by atoms with Crippen molar-refractivity contribution in [3.05, 3.63) is 30.0 Å². The molecule has 0 saturated carbocycles. The van der Waals surface area contributed by atoms with Crippen LogP contribution < -0.4 is 0 Å². The smallest absolute Gasteiger partial charge is 0.139 e. The number of fused-ring (bicyclic) bond motifs is 1. The highest BCUT2D eigenvalue weighted by molar-refractivity contribution is 5.89. The summed E-state index contributed by atoms with van der Waals surface area (Å²) in [5.41, 5.74) is 1.67. The van der Waals surface area contributed by atoms with Gasteiger partial charge in [-0.25, -0.2) is 0 Å². The third-order valence-electron chi connectivity index (χ3n) is 2.70. The number of aromatic nitrogens is 1. The summed E-state index contributed by atoms with van der Waals surface area (Å²) in [5, 5.41) is 20.3. The third-order valence-corrected chi connectivity index (χ3v) is 2.70. The van der Waals surface area contributed by atoms with E-state index in [0.29, 0.717) is 0 Å². The Hall–Kier alpha value is -1.48. The summed E-state index contributed by atoms with van der Waals surface area (Å²) in [6.45, 7) is 4.53. The molecule has 1 atom stereocenters. The summed E-state index contributed by atoms with van der Waals surface area (Å²) < 4.78 is 1.95. The van der Waals surface area contributed by atoms with E-state index in [-0.39, 0.29) is 5.75 Å². The Kier molecular flexibility index (Phi) is 2.40. The van der Waals surface area contributed by atoms with Crippen LogP contribution in [0.4, 0.5) is 0 Å². The van der Waals surface area contributed by atoms with Crippen molar-refractivity contribution in [3.8, 4) is 5.75 Å². The predicted octanol–water partition coefficient (Wildman–Crippen LogP) is 2.42. The molecule has 1 aromatic heterocycles. The van der Waals surface area contributed by atoms with Crippen LogP contribution in [0, 0.1) is 0 Å². The van der Waals surface area contributed by atoms with Crippen molar-refractivity contribution in [1.82, 2.24) is 4.57 Å². The standard InChI is InChI=1S/C12H15NO2/c1-3-13-7-10(8(2)14)9-5-4-6-11(15)12(9)13/h4-8,14-15H,3H2,1-2H3. The van der Waals surface area contributed by atoms with Crippen LogP contribution in [0.25, 0.3) is 10.9 Å². The number of para-hydroxylation sites is 1. The maximum Gasteiger partial charge on any atom is 0.139 e. The summed E-state index contributed by atoms with van der Waals surface area (Å²) in [6, 6.07) is 5.38. The molecule has 3 heteroatoms. The lowest BCUT2D eigenvalue weighted by atomic mass is 10.1. The van der Waals surface area contributed by atoms with Crippen molar-refractivity contribution < 1.29 is 10.2 Å². The molecule has 0 aliphatic heterocycles. The summed E-state index contributed by atoms with van der Waals surface area (Å²) in [5.74, 6) is 0.265. The van der Waals surface area contributed by atoms with E-state index in [1.807, 2.05) is 23.8 Å². The van der Waals surface area contributed by atoms with Gasteiger partial charge in [0.15, 0.2) is 0 Å². The number of rotatable bonds is 2. The van der Waals surface area contributed by atoms with E-state index in [2.05, 4.69) is 0 Å². The van der Waals surface area contributed by atoms with Crippen molar-refractivity contribution in [2.24, 2.45) is 0 Å². The molecule has 0 fully saturated rings. The lowest BCUT2D eigenvalue weighted by Gasteiger charge is -2.02.